The molecule has 0 bridgehead atoms. The fourth-order valence-corrected chi connectivity index (χ4v) is 12.7. The van der Waals surface area contributed by atoms with Crippen LogP contribution in [0.1, 0.15) is 33.4 Å². The molecule has 0 radical (unpaired) electrons. The van der Waals surface area contributed by atoms with E-state index >= 15 is 0 Å². The number of hydrogen-bond donors (Lipinski definition) is 0. The quantitative estimate of drug-likeness (QED) is 0.101. The summed E-state index contributed by atoms with van der Waals surface area (Å²) in [6, 6.07) is 112. The van der Waals surface area contributed by atoms with E-state index in [1.165, 1.54) is 110 Å². The zero-order valence-electron chi connectivity index (χ0n) is 47.6. The molecule has 0 aliphatic heterocycles. The maximum atomic E-state index is 2.41. The normalized spacial score (nSPS) is 11.4. The second-order valence-corrected chi connectivity index (χ2v) is 22.4. The first-order valence-electron chi connectivity index (χ1n) is 29.6. The lowest BCUT2D eigenvalue weighted by atomic mass is 9.86. The molecule has 0 aliphatic rings. The van der Waals surface area contributed by atoms with Gasteiger partial charge in [0.2, 0.25) is 0 Å². The summed E-state index contributed by atoms with van der Waals surface area (Å²) < 4.78 is 0. The highest BCUT2D eigenvalue weighted by Crippen LogP contribution is 2.48. The molecule has 2 heteroatoms. The molecule has 402 valence electrons. The first-order valence-corrected chi connectivity index (χ1v) is 29.6. The van der Waals surface area contributed by atoms with Crippen LogP contribution >= 0.6 is 0 Å². The van der Waals surface area contributed by atoms with Crippen LogP contribution < -0.4 is 9.80 Å². The molecule has 14 rings (SSSR count). The van der Waals surface area contributed by atoms with Crippen LogP contribution in [-0.4, -0.2) is 0 Å². The average molecular weight is 1080 g/mol. The van der Waals surface area contributed by atoms with Gasteiger partial charge >= 0.3 is 0 Å². The van der Waals surface area contributed by atoms with E-state index in [0.29, 0.717) is 0 Å². The SMILES string of the molecule is Cc1ccc(CCc2ccc(N(c3ccccc3)c3ccc(-c4ccc(-c5ccc(-c6ccc(N(c7ccccc7)c7ccc(CCc8ccc(C)cc8)cc7)c7ccccc67)c6ccccc56)c5ccccc45)c4ccccc34)cc2)cc1. The minimum Gasteiger partial charge on any atom is -0.310 e. The van der Waals surface area contributed by atoms with Crippen molar-refractivity contribution in [2.75, 3.05) is 9.80 Å². The highest BCUT2D eigenvalue weighted by Gasteiger charge is 2.22. The average Bonchev–Trinajstić information content (AvgIpc) is 1.99. The minimum atomic E-state index is 0.995. The Labute approximate surface area is 493 Å². The second kappa shape index (κ2) is 22.9. The highest BCUT2D eigenvalue weighted by molar-refractivity contribution is 6.17. The third-order valence-electron chi connectivity index (χ3n) is 17.1. The van der Waals surface area contributed by atoms with Gasteiger partial charge in [-0.05, 0) is 188 Å². The van der Waals surface area contributed by atoms with Crippen molar-refractivity contribution in [1.29, 1.82) is 0 Å². The van der Waals surface area contributed by atoms with E-state index < -0.39 is 0 Å². The molecule has 0 N–H and O–H groups in total. The topological polar surface area (TPSA) is 6.48 Å². The second-order valence-electron chi connectivity index (χ2n) is 22.4. The molecule has 14 aromatic rings. The van der Waals surface area contributed by atoms with Crippen molar-refractivity contribution in [2.45, 2.75) is 39.5 Å². The fourth-order valence-electron chi connectivity index (χ4n) is 12.7. The van der Waals surface area contributed by atoms with Gasteiger partial charge in [0.1, 0.15) is 0 Å². The molecule has 0 atom stereocenters. The lowest BCUT2D eigenvalue weighted by molar-refractivity contribution is 0.959. The molecular formula is C82H64N2. The number of para-hydroxylation sites is 2. The van der Waals surface area contributed by atoms with Gasteiger partial charge in [-0.25, -0.2) is 0 Å². The van der Waals surface area contributed by atoms with Gasteiger partial charge < -0.3 is 9.80 Å². The van der Waals surface area contributed by atoms with Crippen molar-refractivity contribution < 1.29 is 0 Å². The van der Waals surface area contributed by atoms with Gasteiger partial charge in [-0.3, -0.25) is 0 Å². The van der Waals surface area contributed by atoms with E-state index in [9.17, 15) is 0 Å². The van der Waals surface area contributed by atoms with Crippen LogP contribution in [0.3, 0.4) is 0 Å². The Bertz CT molecular complexity index is 4340. The van der Waals surface area contributed by atoms with Gasteiger partial charge in [0.15, 0.2) is 0 Å². The maximum Gasteiger partial charge on any atom is 0.0540 e. The number of hydrogen-bond acceptors (Lipinski definition) is 2. The number of anilines is 6. The van der Waals surface area contributed by atoms with Crippen molar-refractivity contribution in [1.82, 2.24) is 0 Å². The van der Waals surface area contributed by atoms with Crippen LogP contribution in [0.25, 0.3) is 76.5 Å². The summed E-state index contributed by atoms with van der Waals surface area (Å²) in [5.41, 5.74) is 22.1. The number of rotatable bonds is 15. The van der Waals surface area contributed by atoms with Gasteiger partial charge in [-0.2, -0.15) is 0 Å². The Morgan fingerprint density at radius 1 is 0.190 bits per heavy atom. The Balaban J connectivity index is 0.814. The largest absolute Gasteiger partial charge is 0.310 e. The molecule has 2 nitrogen and oxygen atoms in total. The van der Waals surface area contributed by atoms with Crippen LogP contribution in [0, 0.1) is 13.8 Å². The third-order valence-corrected chi connectivity index (χ3v) is 17.1. The summed E-state index contributed by atoms with van der Waals surface area (Å²) in [5, 5.41) is 9.73. The van der Waals surface area contributed by atoms with Crippen molar-refractivity contribution in [2.24, 2.45) is 0 Å². The number of fused-ring (bicyclic) bond motifs is 4. The van der Waals surface area contributed by atoms with E-state index in [0.717, 1.165) is 59.8 Å². The molecule has 0 spiro atoms. The highest BCUT2D eigenvalue weighted by atomic mass is 15.1. The lowest BCUT2D eigenvalue weighted by Gasteiger charge is -2.28. The molecule has 0 saturated heterocycles. The molecular weight excluding hydrogens is 1010 g/mol. The molecule has 0 unspecified atom stereocenters. The summed E-state index contributed by atoms with van der Waals surface area (Å²) in [4.78, 5) is 4.83. The molecule has 0 amide bonds. The summed E-state index contributed by atoms with van der Waals surface area (Å²) in [6.07, 6.45) is 4.02. The summed E-state index contributed by atoms with van der Waals surface area (Å²) in [5.74, 6) is 0. The van der Waals surface area contributed by atoms with Gasteiger partial charge in [-0.1, -0.05) is 254 Å². The third kappa shape index (κ3) is 10.2. The van der Waals surface area contributed by atoms with Crippen molar-refractivity contribution in [3.63, 3.8) is 0 Å². The van der Waals surface area contributed by atoms with E-state index in [1.807, 2.05) is 0 Å². The number of nitrogens with zero attached hydrogens (tertiary/aromatic N) is 2. The van der Waals surface area contributed by atoms with Crippen LogP contribution in [0.4, 0.5) is 34.1 Å². The van der Waals surface area contributed by atoms with E-state index in [4.69, 9.17) is 0 Å². The number of aryl methyl sites for hydroxylation is 6. The van der Waals surface area contributed by atoms with Crippen molar-refractivity contribution in [3.05, 3.63) is 337 Å². The number of benzene rings is 14. The van der Waals surface area contributed by atoms with Crippen molar-refractivity contribution in [3.8, 4) is 33.4 Å². The van der Waals surface area contributed by atoms with Crippen LogP contribution in [0.2, 0.25) is 0 Å². The Morgan fingerprint density at radius 3 is 0.690 bits per heavy atom. The Hall–Kier alpha value is -10.3. The van der Waals surface area contributed by atoms with Gasteiger partial charge in [0.05, 0.1) is 11.4 Å². The molecule has 0 heterocycles. The summed E-state index contributed by atoms with van der Waals surface area (Å²) >= 11 is 0. The molecule has 84 heavy (non-hydrogen) atoms. The van der Waals surface area contributed by atoms with Crippen LogP contribution in [0.15, 0.2) is 303 Å². The molecule has 0 saturated carbocycles. The van der Waals surface area contributed by atoms with E-state index in [1.54, 1.807) is 0 Å². The molecule has 14 aromatic carbocycles. The van der Waals surface area contributed by atoms with Gasteiger partial charge in [-0.15, -0.1) is 0 Å². The van der Waals surface area contributed by atoms with E-state index in [-0.39, 0.29) is 0 Å². The zero-order valence-corrected chi connectivity index (χ0v) is 47.6. The smallest absolute Gasteiger partial charge is 0.0540 e. The Kier molecular flexibility index (Phi) is 14.2. The van der Waals surface area contributed by atoms with Gasteiger partial charge in [0.25, 0.3) is 0 Å². The molecule has 0 fully saturated rings. The monoisotopic (exact) mass is 1080 g/mol. The molecule has 0 aromatic heterocycles. The van der Waals surface area contributed by atoms with Crippen molar-refractivity contribution >= 4 is 77.2 Å². The standard InChI is InChI=1S/C82H64N2/c1-57-29-33-59(34-30-57)37-39-61-41-45-65(46-42-61)83(63-17-5-3-6-18-63)81-55-53-77(71-25-13-15-27-79(71)81)75-51-49-73(67-21-9-11-23-69(67)75)74-50-52-76(70-24-12-10-22-68(70)74)78-54-56-82(80-28-16-14-26-72(78)80)84(64-19-7-4-8-20-64)66-47-43-62(44-48-66)40-38-60-35-31-58(2)32-36-60/h3-36,41-56H,37-40H2,1-2H3. The lowest BCUT2D eigenvalue weighted by Crippen LogP contribution is -2.10. The zero-order chi connectivity index (χ0) is 56.3. The summed E-state index contributed by atoms with van der Waals surface area (Å²) in [6.45, 7) is 4.30. The first-order chi connectivity index (χ1) is 41.5. The maximum absolute atomic E-state index is 2.41. The predicted molar refractivity (Wildman–Crippen MR) is 359 cm³/mol. The minimum absolute atomic E-state index is 0.995. The van der Waals surface area contributed by atoms with Crippen LogP contribution in [0.5, 0.6) is 0 Å². The first kappa shape index (κ1) is 51.8. The van der Waals surface area contributed by atoms with Gasteiger partial charge in [0, 0.05) is 33.5 Å². The van der Waals surface area contributed by atoms with Crippen LogP contribution in [-0.2, 0) is 25.7 Å². The molecule has 0 aliphatic carbocycles. The van der Waals surface area contributed by atoms with E-state index in [2.05, 4.69) is 327 Å². The summed E-state index contributed by atoms with van der Waals surface area (Å²) in [7, 11) is 0. The predicted octanol–water partition coefficient (Wildman–Crippen LogP) is 22.4. The fraction of sp³-hybridized carbons (Fsp3) is 0.0732. The Morgan fingerprint density at radius 2 is 0.405 bits per heavy atom.